The molecule has 0 radical (unpaired) electrons. The van der Waals surface area contributed by atoms with Crippen LogP contribution in [-0.4, -0.2) is 15.2 Å². The lowest BCUT2D eigenvalue weighted by Crippen LogP contribution is -1.91. The Labute approximate surface area is 169 Å². The molecule has 2 aromatic heterocycles. The molecule has 4 rings (SSSR count). The van der Waals surface area contributed by atoms with E-state index in [-0.39, 0.29) is 21.1 Å². The van der Waals surface area contributed by atoms with Crippen molar-refractivity contribution < 1.29 is 9.15 Å². The summed E-state index contributed by atoms with van der Waals surface area (Å²) in [6.07, 6.45) is 0. The Bertz CT molecular complexity index is 1100. The van der Waals surface area contributed by atoms with Crippen LogP contribution in [0.4, 0.5) is 0 Å². The maximum Gasteiger partial charge on any atom is 0.248 e. The molecule has 27 heavy (non-hydrogen) atoms. The van der Waals surface area contributed by atoms with Crippen molar-refractivity contribution in [2.45, 2.75) is 0 Å². The summed E-state index contributed by atoms with van der Waals surface area (Å²) in [6.45, 7) is 0. The summed E-state index contributed by atoms with van der Waals surface area (Å²) in [5, 5.41) is 8.80. The Balaban J connectivity index is 1.62. The summed E-state index contributed by atoms with van der Waals surface area (Å²) in [5.41, 5.74) is 1.54. The maximum absolute atomic E-state index is 6.11. The van der Waals surface area contributed by atoms with E-state index >= 15 is 0 Å². The van der Waals surface area contributed by atoms with Gasteiger partial charge in [0.1, 0.15) is 10.8 Å². The maximum atomic E-state index is 6.11. The van der Waals surface area contributed by atoms with Crippen molar-refractivity contribution in [2.24, 2.45) is 0 Å². The minimum absolute atomic E-state index is 0.108. The molecule has 2 heterocycles. The Hall–Kier alpha value is -2.60. The molecule has 2 aromatic carbocycles. The number of benzene rings is 2. The molecule has 0 amide bonds. The van der Waals surface area contributed by atoms with Gasteiger partial charge < -0.3 is 9.15 Å². The van der Waals surface area contributed by atoms with Gasteiger partial charge in [0.15, 0.2) is 5.15 Å². The second-order valence-electron chi connectivity index (χ2n) is 5.46. The molecular formula is C19H10Cl3N3O2. The summed E-state index contributed by atoms with van der Waals surface area (Å²) >= 11 is 17.9. The topological polar surface area (TPSA) is 61.0 Å². The number of hydrogen-bond donors (Lipinski definition) is 0. The third-order valence-electron chi connectivity index (χ3n) is 3.60. The lowest BCUT2D eigenvalue weighted by molar-refractivity contribution is 0.463. The fourth-order valence-electron chi connectivity index (χ4n) is 2.34. The normalized spacial score (nSPS) is 10.8. The minimum Gasteiger partial charge on any atom is -0.437 e. The lowest BCUT2D eigenvalue weighted by Gasteiger charge is -2.08. The Morgan fingerprint density at radius 1 is 0.741 bits per heavy atom. The highest BCUT2D eigenvalue weighted by Gasteiger charge is 2.13. The van der Waals surface area contributed by atoms with Gasteiger partial charge in [-0.25, -0.2) is 0 Å². The Morgan fingerprint density at radius 2 is 1.44 bits per heavy atom. The summed E-state index contributed by atoms with van der Waals surface area (Å²) < 4.78 is 11.5. The first-order valence-corrected chi connectivity index (χ1v) is 8.92. The van der Waals surface area contributed by atoms with E-state index < -0.39 is 0 Å². The predicted molar refractivity (Wildman–Crippen MR) is 105 cm³/mol. The van der Waals surface area contributed by atoms with Gasteiger partial charge in [-0.2, -0.15) is 4.98 Å². The summed E-state index contributed by atoms with van der Waals surface area (Å²) in [5.74, 6) is 1.44. The Kier molecular flexibility index (Phi) is 4.99. The fourth-order valence-corrected chi connectivity index (χ4v) is 2.87. The monoisotopic (exact) mass is 417 g/mol. The molecule has 0 N–H and O–H groups in total. The fraction of sp³-hybridized carbons (Fsp3) is 0. The average Bonchev–Trinajstić information content (AvgIpc) is 3.17. The number of hydrogen-bond acceptors (Lipinski definition) is 5. The molecule has 134 valence electrons. The van der Waals surface area contributed by atoms with E-state index in [0.29, 0.717) is 23.1 Å². The zero-order chi connectivity index (χ0) is 18.8. The molecular weight excluding hydrogens is 409 g/mol. The lowest BCUT2D eigenvalue weighted by atomic mass is 10.2. The second-order valence-corrected chi connectivity index (χ2v) is 6.63. The predicted octanol–water partition coefficient (Wildman–Crippen LogP) is 6.55. The van der Waals surface area contributed by atoms with Crippen LogP contribution in [-0.2, 0) is 0 Å². The van der Waals surface area contributed by atoms with Gasteiger partial charge >= 0.3 is 0 Å². The quantitative estimate of drug-likeness (QED) is 0.352. The van der Waals surface area contributed by atoms with E-state index in [9.17, 15) is 0 Å². The summed E-state index contributed by atoms with van der Waals surface area (Å²) in [7, 11) is 0. The van der Waals surface area contributed by atoms with Crippen LogP contribution in [0.5, 0.6) is 11.6 Å². The van der Waals surface area contributed by atoms with Crippen molar-refractivity contribution in [1.82, 2.24) is 15.2 Å². The standard InChI is InChI=1S/C19H10Cl3N3O2/c20-14-10-15(21)19(23-16(14)22)26-13-8-4-7-12(9-13)18-25-24-17(27-18)11-5-2-1-3-6-11/h1-10H. The van der Waals surface area contributed by atoms with Gasteiger partial charge in [-0.3, -0.25) is 0 Å². The highest BCUT2D eigenvalue weighted by Crippen LogP contribution is 2.34. The van der Waals surface area contributed by atoms with E-state index in [1.54, 1.807) is 18.2 Å². The van der Waals surface area contributed by atoms with Crippen LogP contribution in [0.3, 0.4) is 0 Å². The summed E-state index contributed by atoms with van der Waals surface area (Å²) in [6, 6.07) is 18.1. The highest BCUT2D eigenvalue weighted by molar-refractivity contribution is 6.42. The molecule has 0 atom stereocenters. The van der Waals surface area contributed by atoms with Crippen molar-refractivity contribution in [3.8, 4) is 34.5 Å². The van der Waals surface area contributed by atoms with Gasteiger partial charge in [-0.1, -0.05) is 59.1 Å². The summed E-state index contributed by atoms with van der Waals surface area (Å²) in [4.78, 5) is 4.04. The molecule has 0 aliphatic heterocycles. The number of ether oxygens (including phenoxy) is 1. The molecule has 0 bridgehead atoms. The van der Waals surface area contributed by atoms with E-state index in [2.05, 4.69) is 15.2 Å². The smallest absolute Gasteiger partial charge is 0.248 e. The first-order chi connectivity index (χ1) is 13.1. The second kappa shape index (κ2) is 7.56. The van der Waals surface area contributed by atoms with E-state index in [1.807, 2.05) is 36.4 Å². The molecule has 5 nitrogen and oxygen atoms in total. The van der Waals surface area contributed by atoms with Crippen molar-refractivity contribution in [2.75, 3.05) is 0 Å². The van der Waals surface area contributed by atoms with Crippen LogP contribution in [0.25, 0.3) is 22.9 Å². The van der Waals surface area contributed by atoms with Crippen molar-refractivity contribution in [1.29, 1.82) is 0 Å². The number of aromatic nitrogens is 3. The first kappa shape index (κ1) is 17.8. The highest BCUT2D eigenvalue weighted by atomic mass is 35.5. The third kappa shape index (κ3) is 3.90. The van der Waals surface area contributed by atoms with Crippen LogP contribution in [0.15, 0.2) is 65.1 Å². The van der Waals surface area contributed by atoms with Gasteiger partial charge in [0.25, 0.3) is 0 Å². The molecule has 0 saturated heterocycles. The molecule has 0 fully saturated rings. The largest absolute Gasteiger partial charge is 0.437 e. The molecule has 0 spiro atoms. The van der Waals surface area contributed by atoms with Crippen molar-refractivity contribution >= 4 is 34.8 Å². The molecule has 8 heteroatoms. The van der Waals surface area contributed by atoms with Crippen LogP contribution in [0.2, 0.25) is 15.2 Å². The molecule has 4 aromatic rings. The van der Waals surface area contributed by atoms with Crippen molar-refractivity contribution in [3.05, 3.63) is 75.9 Å². The molecule has 0 saturated carbocycles. The van der Waals surface area contributed by atoms with Crippen LogP contribution in [0.1, 0.15) is 0 Å². The van der Waals surface area contributed by atoms with Crippen LogP contribution >= 0.6 is 34.8 Å². The van der Waals surface area contributed by atoms with Gasteiger partial charge in [-0.05, 0) is 36.4 Å². The number of halogens is 3. The van der Waals surface area contributed by atoms with Crippen LogP contribution < -0.4 is 4.74 Å². The molecule has 0 unspecified atom stereocenters. The number of pyridine rings is 1. The minimum atomic E-state index is 0.108. The van der Waals surface area contributed by atoms with Crippen molar-refractivity contribution in [3.63, 3.8) is 0 Å². The van der Waals surface area contributed by atoms with E-state index in [1.165, 1.54) is 6.07 Å². The van der Waals surface area contributed by atoms with E-state index in [0.717, 1.165) is 5.56 Å². The zero-order valence-electron chi connectivity index (χ0n) is 13.6. The third-order valence-corrected chi connectivity index (χ3v) is 4.54. The number of nitrogens with zero attached hydrogens (tertiary/aromatic N) is 3. The van der Waals surface area contributed by atoms with E-state index in [4.69, 9.17) is 44.0 Å². The number of rotatable bonds is 4. The SMILES string of the molecule is Clc1cc(Cl)c(Oc2cccc(-c3nnc(-c4ccccc4)o3)c2)nc1Cl. The van der Waals surface area contributed by atoms with Crippen LogP contribution in [0, 0.1) is 0 Å². The molecule has 0 aliphatic rings. The van der Waals surface area contributed by atoms with Gasteiger partial charge in [0.05, 0.1) is 5.02 Å². The van der Waals surface area contributed by atoms with Gasteiger partial charge in [0, 0.05) is 11.1 Å². The first-order valence-electron chi connectivity index (χ1n) is 7.79. The van der Waals surface area contributed by atoms with Gasteiger partial charge in [0.2, 0.25) is 17.7 Å². The average molecular weight is 419 g/mol. The zero-order valence-corrected chi connectivity index (χ0v) is 15.8. The Morgan fingerprint density at radius 3 is 2.22 bits per heavy atom. The molecule has 0 aliphatic carbocycles. The van der Waals surface area contributed by atoms with Gasteiger partial charge in [-0.15, -0.1) is 10.2 Å².